The average Bonchev–Trinajstić information content (AvgIpc) is 2.63. The van der Waals surface area contributed by atoms with Crippen molar-refractivity contribution in [2.75, 3.05) is 19.7 Å². The second-order valence-electron chi connectivity index (χ2n) is 3.87. The van der Waals surface area contributed by atoms with E-state index in [4.69, 9.17) is 12.2 Å². The molecule has 1 fully saturated rings. The van der Waals surface area contributed by atoms with E-state index in [1.54, 1.807) is 0 Å². The zero-order chi connectivity index (χ0) is 10.9. The Balaban J connectivity index is 1.88. The molecule has 0 spiro atoms. The molecule has 0 aromatic carbocycles. The van der Waals surface area contributed by atoms with Crippen molar-refractivity contribution < 1.29 is 9.53 Å². The minimum absolute atomic E-state index is 0.517. The Morgan fingerprint density at radius 1 is 1.33 bits per heavy atom. The molecular weight excluding hydrogens is 210 g/mol. The fraction of sp³-hybridized carbons (Fsp3) is 0.818. The average molecular weight is 229 g/mol. The van der Waals surface area contributed by atoms with Crippen molar-refractivity contribution in [1.29, 1.82) is 0 Å². The lowest BCUT2D eigenvalue weighted by atomic mass is 10.2. The third-order valence-corrected chi connectivity index (χ3v) is 3.14. The molecule has 15 heavy (non-hydrogen) atoms. The van der Waals surface area contributed by atoms with Crippen LogP contribution in [0.15, 0.2) is 0 Å². The normalized spacial score (nSPS) is 15.7. The molecular formula is C11H19NO2S. The van der Waals surface area contributed by atoms with E-state index in [2.05, 4.69) is 9.64 Å². The van der Waals surface area contributed by atoms with Crippen LogP contribution in [0.5, 0.6) is 0 Å². The van der Waals surface area contributed by atoms with Gasteiger partial charge in [-0.1, -0.05) is 18.6 Å². The molecule has 86 valence electrons. The molecule has 0 atom stereocenters. The second-order valence-corrected chi connectivity index (χ2v) is 4.34. The van der Waals surface area contributed by atoms with Crippen molar-refractivity contribution in [1.82, 2.24) is 4.90 Å². The van der Waals surface area contributed by atoms with E-state index >= 15 is 0 Å². The number of nitrogens with zero attached hydrogens (tertiary/aromatic N) is 1. The van der Waals surface area contributed by atoms with Gasteiger partial charge in [0.1, 0.15) is 0 Å². The Bertz CT molecular complexity index is 209. The molecule has 4 heteroatoms. The first-order chi connectivity index (χ1) is 7.34. The first kappa shape index (κ1) is 12.4. The van der Waals surface area contributed by atoms with E-state index in [1.807, 2.05) is 0 Å². The fourth-order valence-electron chi connectivity index (χ4n) is 1.83. The number of carbonyl (C=O) groups is 1. The zero-order valence-corrected chi connectivity index (χ0v) is 9.93. The van der Waals surface area contributed by atoms with Gasteiger partial charge in [0.25, 0.3) is 6.47 Å². The Morgan fingerprint density at radius 2 is 2.13 bits per heavy atom. The van der Waals surface area contributed by atoms with Crippen molar-refractivity contribution in [2.45, 2.75) is 38.5 Å². The SMILES string of the molecule is O=COCCCCCCN1CCCC1=S. The zero-order valence-electron chi connectivity index (χ0n) is 9.11. The van der Waals surface area contributed by atoms with Crippen LogP contribution in [-0.4, -0.2) is 36.1 Å². The molecule has 0 amide bonds. The molecule has 0 aromatic rings. The van der Waals surface area contributed by atoms with Gasteiger partial charge in [-0.3, -0.25) is 4.79 Å². The Kier molecular flexibility index (Phi) is 6.32. The Labute approximate surface area is 96.8 Å². The first-order valence-corrected chi connectivity index (χ1v) is 6.08. The highest BCUT2D eigenvalue weighted by Gasteiger charge is 2.14. The highest BCUT2D eigenvalue weighted by molar-refractivity contribution is 7.80. The van der Waals surface area contributed by atoms with Gasteiger partial charge in [0.05, 0.1) is 11.6 Å². The van der Waals surface area contributed by atoms with Crippen molar-refractivity contribution in [3.8, 4) is 0 Å². The van der Waals surface area contributed by atoms with Gasteiger partial charge < -0.3 is 9.64 Å². The van der Waals surface area contributed by atoms with Crippen LogP contribution < -0.4 is 0 Å². The Hall–Kier alpha value is -0.640. The van der Waals surface area contributed by atoms with Gasteiger partial charge in [-0.25, -0.2) is 0 Å². The number of hydrogen-bond donors (Lipinski definition) is 0. The maximum Gasteiger partial charge on any atom is 0.293 e. The molecule has 0 saturated carbocycles. The molecule has 0 aromatic heterocycles. The summed E-state index contributed by atoms with van der Waals surface area (Å²) in [6.45, 7) is 3.33. The monoisotopic (exact) mass is 229 g/mol. The van der Waals surface area contributed by atoms with E-state index in [0.29, 0.717) is 13.1 Å². The topological polar surface area (TPSA) is 29.5 Å². The van der Waals surface area contributed by atoms with Crippen LogP contribution in [0.2, 0.25) is 0 Å². The van der Waals surface area contributed by atoms with Gasteiger partial charge in [0, 0.05) is 13.1 Å². The number of thiocarbonyl (C=S) groups is 1. The fourth-order valence-corrected chi connectivity index (χ4v) is 2.16. The van der Waals surface area contributed by atoms with Gasteiger partial charge in [-0.15, -0.1) is 0 Å². The van der Waals surface area contributed by atoms with Crippen molar-refractivity contribution >= 4 is 23.7 Å². The number of ether oxygens (including phenoxy) is 1. The largest absolute Gasteiger partial charge is 0.468 e. The van der Waals surface area contributed by atoms with Crippen LogP contribution in [0.25, 0.3) is 0 Å². The third-order valence-electron chi connectivity index (χ3n) is 2.68. The number of carbonyl (C=O) groups excluding carboxylic acids is 1. The summed E-state index contributed by atoms with van der Waals surface area (Å²) >= 11 is 5.24. The standard InChI is InChI=1S/C11H19NO2S/c13-10-14-9-4-2-1-3-7-12-8-5-6-11(12)15/h10H,1-9H2. The number of unbranched alkanes of at least 4 members (excludes halogenated alkanes) is 3. The molecule has 1 heterocycles. The van der Waals surface area contributed by atoms with Gasteiger partial charge in [0.15, 0.2) is 0 Å². The Morgan fingerprint density at radius 3 is 2.80 bits per heavy atom. The number of likely N-dealkylation sites (tertiary alicyclic amines) is 1. The molecule has 0 aliphatic carbocycles. The van der Waals surface area contributed by atoms with Gasteiger partial charge in [-0.2, -0.15) is 0 Å². The van der Waals surface area contributed by atoms with Crippen molar-refractivity contribution in [2.24, 2.45) is 0 Å². The quantitative estimate of drug-likeness (QED) is 0.362. The predicted octanol–water partition coefficient (Wildman–Crippen LogP) is 2.14. The summed E-state index contributed by atoms with van der Waals surface area (Å²) in [5.74, 6) is 0. The maximum atomic E-state index is 9.86. The number of rotatable bonds is 8. The summed E-state index contributed by atoms with van der Waals surface area (Å²) in [6.07, 6.45) is 6.83. The molecule has 1 aliphatic rings. The lowest BCUT2D eigenvalue weighted by molar-refractivity contribution is -0.128. The van der Waals surface area contributed by atoms with E-state index < -0.39 is 0 Å². The highest BCUT2D eigenvalue weighted by atomic mass is 32.1. The molecule has 3 nitrogen and oxygen atoms in total. The molecule has 0 bridgehead atoms. The summed E-state index contributed by atoms with van der Waals surface area (Å²) < 4.78 is 4.62. The minimum Gasteiger partial charge on any atom is -0.468 e. The highest BCUT2D eigenvalue weighted by Crippen LogP contribution is 2.12. The summed E-state index contributed by atoms with van der Waals surface area (Å²) in [7, 11) is 0. The van der Waals surface area contributed by atoms with Crippen LogP contribution in [0.3, 0.4) is 0 Å². The van der Waals surface area contributed by atoms with E-state index in [1.165, 1.54) is 19.3 Å². The smallest absolute Gasteiger partial charge is 0.293 e. The lowest BCUT2D eigenvalue weighted by Crippen LogP contribution is -2.24. The maximum absolute atomic E-state index is 9.86. The molecule has 1 rings (SSSR count). The summed E-state index contributed by atoms with van der Waals surface area (Å²) in [5, 5.41) is 0. The predicted molar refractivity (Wildman–Crippen MR) is 63.9 cm³/mol. The van der Waals surface area contributed by atoms with Gasteiger partial charge in [-0.05, 0) is 32.1 Å². The molecule has 0 unspecified atom stereocenters. The van der Waals surface area contributed by atoms with Crippen LogP contribution in [0.1, 0.15) is 38.5 Å². The third kappa shape index (κ3) is 5.11. The van der Waals surface area contributed by atoms with E-state index in [-0.39, 0.29) is 0 Å². The molecule has 0 N–H and O–H groups in total. The van der Waals surface area contributed by atoms with Crippen LogP contribution in [-0.2, 0) is 9.53 Å². The first-order valence-electron chi connectivity index (χ1n) is 5.67. The van der Waals surface area contributed by atoms with Crippen LogP contribution in [0, 0.1) is 0 Å². The molecule has 0 radical (unpaired) electrons. The lowest BCUT2D eigenvalue weighted by Gasteiger charge is -2.17. The molecule has 1 saturated heterocycles. The summed E-state index contributed by atoms with van der Waals surface area (Å²) in [6, 6.07) is 0. The summed E-state index contributed by atoms with van der Waals surface area (Å²) in [4.78, 5) is 13.3. The van der Waals surface area contributed by atoms with Crippen LogP contribution in [0.4, 0.5) is 0 Å². The summed E-state index contributed by atoms with van der Waals surface area (Å²) in [5.41, 5.74) is 0. The van der Waals surface area contributed by atoms with E-state index in [0.717, 1.165) is 37.3 Å². The van der Waals surface area contributed by atoms with Gasteiger partial charge >= 0.3 is 0 Å². The van der Waals surface area contributed by atoms with Crippen molar-refractivity contribution in [3.63, 3.8) is 0 Å². The molecule has 1 aliphatic heterocycles. The van der Waals surface area contributed by atoms with Crippen molar-refractivity contribution in [3.05, 3.63) is 0 Å². The second kappa shape index (κ2) is 7.63. The minimum atomic E-state index is 0.517. The van der Waals surface area contributed by atoms with Crippen LogP contribution >= 0.6 is 12.2 Å². The number of hydrogen-bond acceptors (Lipinski definition) is 3. The van der Waals surface area contributed by atoms with Gasteiger partial charge in [0.2, 0.25) is 0 Å². The van der Waals surface area contributed by atoms with E-state index in [9.17, 15) is 4.79 Å².